The second-order valence-corrected chi connectivity index (χ2v) is 3.68. The minimum absolute atomic E-state index is 0.194. The SMILES string of the molecule is NC(=O)C1NC(=S)N(c2ccccc2)C1=O. The van der Waals surface area contributed by atoms with Gasteiger partial charge in [0, 0.05) is 0 Å². The molecule has 1 aromatic rings. The fraction of sp³-hybridized carbons (Fsp3) is 0.100. The Morgan fingerprint density at radius 3 is 2.50 bits per heavy atom. The monoisotopic (exact) mass is 235 g/mol. The number of hydrogen-bond donors (Lipinski definition) is 2. The number of thiocarbonyl (C=S) groups is 1. The molecule has 1 heterocycles. The highest BCUT2D eigenvalue weighted by molar-refractivity contribution is 7.80. The Morgan fingerprint density at radius 2 is 2.00 bits per heavy atom. The molecule has 0 aliphatic carbocycles. The third-order valence-electron chi connectivity index (χ3n) is 2.24. The second-order valence-electron chi connectivity index (χ2n) is 3.29. The maximum atomic E-state index is 11.8. The average molecular weight is 235 g/mol. The van der Waals surface area contributed by atoms with Crippen molar-refractivity contribution in [1.82, 2.24) is 5.32 Å². The smallest absolute Gasteiger partial charge is 0.265 e. The lowest BCUT2D eigenvalue weighted by molar-refractivity contribution is -0.127. The Bertz CT molecular complexity index is 460. The molecule has 1 atom stereocenters. The van der Waals surface area contributed by atoms with Crippen LogP contribution < -0.4 is 16.0 Å². The fourth-order valence-corrected chi connectivity index (χ4v) is 1.81. The van der Waals surface area contributed by atoms with E-state index in [1.165, 1.54) is 4.90 Å². The molecule has 0 radical (unpaired) electrons. The second kappa shape index (κ2) is 3.90. The molecule has 5 nitrogen and oxygen atoms in total. The largest absolute Gasteiger partial charge is 0.367 e. The molecule has 1 fully saturated rings. The van der Waals surface area contributed by atoms with Crippen molar-refractivity contribution in [3.05, 3.63) is 30.3 Å². The summed E-state index contributed by atoms with van der Waals surface area (Å²) in [4.78, 5) is 24.1. The molecule has 0 spiro atoms. The molecule has 2 amide bonds. The van der Waals surface area contributed by atoms with Crippen LogP contribution in [0.25, 0.3) is 0 Å². The topological polar surface area (TPSA) is 75.4 Å². The van der Waals surface area contributed by atoms with E-state index >= 15 is 0 Å². The molecular formula is C10H9N3O2S. The van der Waals surface area contributed by atoms with E-state index in [1.54, 1.807) is 24.3 Å². The lowest BCUT2D eigenvalue weighted by Gasteiger charge is -2.13. The van der Waals surface area contributed by atoms with Crippen LogP contribution in [0.2, 0.25) is 0 Å². The van der Waals surface area contributed by atoms with Gasteiger partial charge in [0.2, 0.25) is 5.91 Å². The lowest BCUT2D eigenvalue weighted by Crippen LogP contribution is -2.42. The van der Waals surface area contributed by atoms with Gasteiger partial charge >= 0.3 is 0 Å². The van der Waals surface area contributed by atoms with Crippen LogP contribution in [-0.4, -0.2) is 23.0 Å². The maximum absolute atomic E-state index is 11.8. The number of carbonyl (C=O) groups is 2. The quantitative estimate of drug-likeness (QED) is 0.548. The van der Waals surface area contributed by atoms with Crippen molar-refractivity contribution in [2.75, 3.05) is 4.90 Å². The highest BCUT2D eigenvalue weighted by Gasteiger charge is 2.39. The molecular weight excluding hydrogens is 226 g/mol. The molecule has 1 aliphatic heterocycles. The number of hydrogen-bond acceptors (Lipinski definition) is 3. The Balaban J connectivity index is 2.34. The van der Waals surface area contributed by atoms with E-state index in [-0.39, 0.29) is 5.11 Å². The summed E-state index contributed by atoms with van der Waals surface area (Å²) in [6.07, 6.45) is 0. The summed E-state index contributed by atoms with van der Waals surface area (Å²) in [5, 5.41) is 2.78. The normalized spacial score (nSPS) is 19.8. The number of para-hydroxylation sites is 1. The Morgan fingerprint density at radius 1 is 1.38 bits per heavy atom. The standard InChI is InChI=1S/C10H9N3O2S/c11-8(14)7-9(15)13(10(16)12-7)6-4-2-1-3-5-6/h1-5,7H,(H2,11,14)(H,12,16). The maximum Gasteiger partial charge on any atom is 0.265 e. The third-order valence-corrected chi connectivity index (χ3v) is 2.54. The van der Waals surface area contributed by atoms with Gasteiger partial charge in [0.05, 0.1) is 5.69 Å². The number of carbonyl (C=O) groups excluding carboxylic acids is 2. The van der Waals surface area contributed by atoms with E-state index in [0.29, 0.717) is 5.69 Å². The first kappa shape index (κ1) is 10.6. The van der Waals surface area contributed by atoms with E-state index in [0.717, 1.165) is 0 Å². The van der Waals surface area contributed by atoms with Gasteiger partial charge in [0.25, 0.3) is 5.91 Å². The highest BCUT2D eigenvalue weighted by Crippen LogP contribution is 2.18. The number of nitrogens with one attached hydrogen (secondary N) is 1. The van der Waals surface area contributed by atoms with Crippen LogP contribution >= 0.6 is 12.2 Å². The van der Waals surface area contributed by atoms with Crippen molar-refractivity contribution in [3.8, 4) is 0 Å². The molecule has 82 valence electrons. The molecule has 2 rings (SSSR count). The molecule has 0 saturated carbocycles. The predicted octanol–water partition coefficient (Wildman–Crippen LogP) is -0.238. The van der Waals surface area contributed by atoms with Crippen LogP contribution in [0.3, 0.4) is 0 Å². The van der Waals surface area contributed by atoms with Crippen molar-refractivity contribution >= 4 is 34.8 Å². The third kappa shape index (κ3) is 1.63. The highest BCUT2D eigenvalue weighted by atomic mass is 32.1. The number of anilines is 1. The van der Waals surface area contributed by atoms with Crippen molar-refractivity contribution in [2.24, 2.45) is 5.73 Å². The van der Waals surface area contributed by atoms with Gasteiger partial charge in [-0.05, 0) is 24.4 Å². The average Bonchev–Trinajstić information content (AvgIpc) is 2.56. The van der Waals surface area contributed by atoms with E-state index in [2.05, 4.69) is 5.32 Å². The van der Waals surface area contributed by atoms with Crippen molar-refractivity contribution in [1.29, 1.82) is 0 Å². The minimum atomic E-state index is -1.06. The minimum Gasteiger partial charge on any atom is -0.367 e. The van der Waals surface area contributed by atoms with E-state index < -0.39 is 17.9 Å². The summed E-state index contributed by atoms with van der Waals surface area (Å²) < 4.78 is 0. The summed E-state index contributed by atoms with van der Waals surface area (Å²) in [6.45, 7) is 0. The predicted molar refractivity (Wildman–Crippen MR) is 62.6 cm³/mol. The zero-order valence-corrected chi connectivity index (χ0v) is 9.03. The van der Waals surface area contributed by atoms with Gasteiger partial charge in [-0.3, -0.25) is 14.5 Å². The summed E-state index contributed by atoms with van der Waals surface area (Å²) in [7, 11) is 0. The van der Waals surface area contributed by atoms with Crippen LogP contribution in [0.15, 0.2) is 30.3 Å². The zero-order chi connectivity index (χ0) is 11.7. The molecule has 16 heavy (non-hydrogen) atoms. The van der Waals surface area contributed by atoms with Gasteiger partial charge in [0.1, 0.15) is 0 Å². The van der Waals surface area contributed by atoms with Gasteiger partial charge in [-0.1, -0.05) is 18.2 Å². The first-order valence-electron chi connectivity index (χ1n) is 4.60. The van der Waals surface area contributed by atoms with E-state index in [4.69, 9.17) is 18.0 Å². The number of nitrogens with two attached hydrogens (primary N) is 1. The molecule has 6 heteroatoms. The Labute approximate surface area is 97.2 Å². The van der Waals surface area contributed by atoms with E-state index in [9.17, 15) is 9.59 Å². The van der Waals surface area contributed by atoms with Crippen LogP contribution in [-0.2, 0) is 9.59 Å². The molecule has 1 unspecified atom stereocenters. The van der Waals surface area contributed by atoms with E-state index in [1.807, 2.05) is 6.07 Å². The summed E-state index contributed by atoms with van der Waals surface area (Å²) >= 11 is 4.98. The Hall–Kier alpha value is -1.95. The number of amides is 2. The van der Waals surface area contributed by atoms with Gasteiger partial charge in [-0.25, -0.2) is 0 Å². The first-order chi connectivity index (χ1) is 7.61. The van der Waals surface area contributed by atoms with Gasteiger partial charge in [-0.15, -0.1) is 0 Å². The summed E-state index contributed by atoms with van der Waals surface area (Å²) in [6, 6.07) is 7.79. The lowest BCUT2D eigenvalue weighted by atomic mass is 10.2. The molecule has 1 saturated heterocycles. The summed E-state index contributed by atoms with van der Waals surface area (Å²) in [5.41, 5.74) is 5.70. The van der Waals surface area contributed by atoms with Gasteiger partial charge in [-0.2, -0.15) is 0 Å². The first-order valence-corrected chi connectivity index (χ1v) is 5.01. The Kier molecular flexibility index (Phi) is 2.57. The van der Waals surface area contributed by atoms with Gasteiger partial charge < -0.3 is 11.1 Å². The van der Waals surface area contributed by atoms with Gasteiger partial charge in [0.15, 0.2) is 11.2 Å². The fourth-order valence-electron chi connectivity index (χ4n) is 1.49. The van der Waals surface area contributed by atoms with Crippen molar-refractivity contribution < 1.29 is 9.59 Å². The summed E-state index contributed by atoms with van der Waals surface area (Å²) in [5.74, 6) is -1.17. The zero-order valence-electron chi connectivity index (χ0n) is 8.21. The van der Waals surface area contributed by atoms with Crippen LogP contribution in [0, 0.1) is 0 Å². The molecule has 0 aromatic heterocycles. The number of benzene rings is 1. The number of nitrogens with zero attached hydrogens (tertiary/aromatic N) is 1. The van der Waals surface area contributed by atoms with Crippen LogP contribution in [0.5, 0.6) is 0 Å². The molecule has 1 aromatic carbocycles. The number of primary amides is 1. The van der Waals surface area contributed by atoms with Crippen molar-refractivity contribution in [3.63, 3.8) is 0 Å². The van der Waals surface area contributed by atoms with Crippen LogP contribution in [0.4, 0.5) is 5.69 Å². The molecule has 1 aliphatic rings. The molecule has 3 N–H and O–H groups in total. The van der Waals surface area contributed by atoms with Crippen molar-refractivity contribution in [2.45, 2.75) is 6.04 Å². The number of rotatable bonds is 2. The molecule has 0 bridgehead atoms. The van der Waals surface area contributed by atoms with Crippen LogP contribution in [0.1, 0.15) is 0 Å².